The molecule has 5 heteroatoms. The molecule has 0 aromatic heterocycles. The molecule has 5 nitrogen and oxygen atoms in total. The van der Waals surface area contributed by atoms with Crippen LogP contribution < -0.4 is 14.8 Å². The summed E-state index contributed by atoms with van der Waals surface area (Å²) in [5, 5.41) is 3.30. The number of nitrogens with zero attached hydrogens (tertiary/aromatic N) is 1. The molecule has 1 atom stereocenters. The Hall–Kier alpha value is -1.75. The molecule has 1 aromatic rings. The van der Waals surface area contributed by atoms with E-state index in [-0.39, 0.29) is 12.5 Å². The first kappa shape index (κ1) is 15.6. The normalized spacial score (nSPS) is 17.5. The molecule has 1 amide bonds. The Morgan fingerprint density at radius 2 is 2.14 bits per heavy atom. The lowest BCUT2D eigenvalue weighted by atomic mass is 10.2. The van der Waals surface area contributed by atoms with Crippen molar-refractivity contribution in [3.05, 3.63) is 24.3 Å². The summed E-state index contributed by atoms with van der Waals surface area (Å²) in [5.74, 6) is 1.29. The Kier molecular flexibility index (Phi) is 5.87. The largest absolute Gasteiger partial charge is 0.493 e. The Morgan fingerprint density at radius 1 is 1.38 bits per heavy atom. The van der Waals surface area contributed by atoms with Crippen LogP contribution in [-0.2, 0) is 4.79 Å². The highest BCUT2D eigenvalue weighted by Gasteiger charge is 2.26. The van der Waals surface area contributed by atoms with Crippen molar-refractivity contribution >= 4 is 5.91 Å². The van der Waals surface area contributed by atoms with Gasteiger partial charge in [0.2, 0.25) is 0 Å². The second-order valence-corrected chi connectivity index (χ2v) is 5.17. The lowest BCUT2D eigenvalue weighted by Crippen LogP contribution is -2.44. The molecule has 0 spiro atoms. The molecule has 1 aliphatic heterocycles. The second kappa shape index (κ2) is 7.88. The molecule has 1 fully saturated rings. The van der Waals surface area contributed by atoms with Gasteiger partial charge in [-0.1, -0.05) is 19.1 Å². The Labute approximate surface area is 126 Å². The molecule has 0 aliphatic carbocycles. The van der Waals surface area contributed by atoms with E-state index in [1.807, 2.05) is 29.2 Å². The predicted octanol–water partition coefficient (Wildman–Crippen LogP) is 1.67. The minimum atomic E-state index is 0.0384. The number of hydrogen-bond donors (Lipinski definition) is 1. The summed E-state index contributed by atoms with van der Waals surface area (Å²) in [6, 6.07) is 7.67. The van der Waals surface area contributed by atoms with E-state index in [0.717, 1.165) is 32.5 Å². The number of rotatable bonds is 7. The van der Waals surface area contributed by atoms with Crippen molar-refractivity contribution in [3.63, 3.8) is 0 Å². The van der Waals surface area contributed by atoms with E-state index < -0.39 is 0 Å². The molecule has 0 saturated carbocycles. The SMILES string of the molecule is CCCN(C(=O)COc1ccccc1OC)C1CCNC1. The summed E-state index contributed by atoms with van der Waals surface area (Å²) in [6.45, 7) is 4.77. The maximum Gasteiger partial charge on any atom is 0.260 e. The van der Waals surface area contributed by atoms with E-state index in [1.54, 1.807) is 7.11 Å². The number of para-hydroxylation sites is 2. The zero-order chi connectivity index (χ0) is 15.1. The monoisotopic (exact) mass is 292 g/mol. The zero-order valence-electron chi connectivity index (χ0n) is 12.8. The molecular formula is C16H24N2O3. The number of ether oxygens (including phenoxy) is 2. The van der Waals surface area contributed by atoms with E-state index in [9.17, 15) is 4.79 Å². The quantitative estimate of drug-likeness (QED) is 0.830. The topological polar surface area (TPSA) is 50.8 Å². The molecular weight excluding hydrogens is 268 g/mol. The smallest absolute Gasteiger partial charge is 0.260 e. The highest BCUT2D eigenvalue weighted by atomic mass is 16.5. The third-order valence-corrected chi connectivity index (χ3v) is 3.68. The molecule has 1 N–H and O–H groups in total. The summed E-state index contributed by atoms with van der Waals surface area (Å²) in [4.78, 5) is 14.4. The van der Waals surface area contributed by atoms with E-state index >= 15 is 0 Å². The van der Waals surface area contributed by atoms with Crippen LogP contribution in [0.2, 0.25) is 0 Å². The molecule has 0 bridgehead atoms. The van der Waals surface area contributed by atoms with Gasteiger partial charge in [0.25, 0.3) is 5.91 Å². The summed E-state index contributed by atoms with van der Waals surface area (Å²) in [5.41, 5.74) is 0. The van der Waals surface area contributed by atoms with Gasteiger partial charge in [0, 0.05) is 19.1 Å². The highest BCUT2D eigenvalue weighted by molar-refractivity contribution is 5.78. The van der Waals surface area contributed by atoms with Crippen LogP contribution in [0.5, 0.6) is 11.5 Å². The van der Waals surface area contributed by atoms with E-state index in [0.29, 0.717) is 17.5 Å². The fourth-order valence-electron chi connectivity index (χ4n) is 2.62. The van der Waals surface area contributed by atoms with Crippen LogP contribution in [0.4, 0.5) is 0 Å². The van der Waals surface area contributed by atoms with Gasteiger partial charge < -0.3 is 19.7 Å². The average Bonchev–Trinajstić information content (AvgIpc) is 3.04. The number of benzene rings is 1. The van der Waals surface area contributed by atoms with Crippen LogP contribution in [0, 0.1) is 0 Å². The Balaban J connectivity index is 1.95. The second-order valence-electron chi connectivity index (χ2n) is 5.17. The van der Waals surface area contributed by atoms with Gasteiger partial charge in [-0.15, -0.1) is 0 Å². The van der Waals surface area contributed by atoms with Crippen LogP contribution in [0.1, 0.15) is 19.8 Å². The Bertz CT molecular complexity index is 459. The van der Waals surface area contributed by atoms with Gasteiger partial charge >= 0.3 is 0 Å². The number of carbonyl (C=O) groups is 1. The van der Waals surface area contributed by atoms with Gasteiger partial charge in [0.15, 0.2) is 18.1 Å². The fourth-order valence-corrected chi connectivity index (χ4v) is 2.62. The van der Waals surface area contributed by atoms with Crippen molar-refractivity contribution in [2.24, 2.45) is 0 Å². The summed E-state index contributed by atoms with van der Waals surface area (Å²) < 4.78 is 10.9. The first-order valence-corrected chi connectivity index (χ1v) is 7.52. The van der Waals surface area contributed by atoms with E-state index in [2.05, 4.69) is 12.2 Å². The minimum absolute atomic E-state index is 0.0384. The first-order valence-electron chi connectivity index (χ1n) is 7.52. The third kappa shape index (κ3) is 4.11. The van der Waals surface area contributed by atoms with Gasteiger partial charge in [-0.05, 0) is 31.5 Å². The number of hydrogen-bond acceptors (Lipinski definition) is 4. The van der Waals surface area contributed by atoms with Gasteiger partial charge in [-0.25, -0.2) is 0 Å². The predicted molar refractivity (Wildman–Crippen MR) is 81.8 cm³/mol. The minimum Gasteiger partial charge on any atom is -0.493 e. The maximum absolute atomic E-state index is 12.4. The number of nitrogens with one attached hydrogen (secondary N) is 1. The fraction of sp³-hybridized carbons (Fsp3) is 0.562. The van der Waals surface area contributed by atoms with Crippen LogP contribution >= 0.6 is 0 Å². The van der Waals surface area contributed by atoms with E-state index in [1.165, 1.54) is 0 Å². The summed E-state index contributed by atoms with van der Waals surface area (Å²) in [6.07, 6.45) is 1.97. The molecule has 1 unspecified atom stereocenters. The van der Waals surface area contributed by atoms with Gasteiger partial charge in [0.05, 0.1) is 7.11 Å². The van der Waals surface area contributed by atoms with Crippen LogP contribution in [0.3, 0.4) is 0 Å². The van der Waals surface area contributed by atoms with Crippen LogP contribution in [-0.4, -0.2) is 50.2 Å². The highest BCUT2D eigenvalue weighted by Crippen LogP contribution is 2.25. The molecule has 1 aromatic carbocycles. The molecule has 116 valence electrons. The number of methoxy groups -OCH3 is 1. The van der Waals surface area contributed by atoms with Crippen molar-refractivity contribution in [2.75, 3.05) is 33.4 Å². The number of carbonyl (C=O) groups excluding carboxylic acids is 1. The number of amides is 1. The van der Waals surface area contributed by atoms with E-state index in [4.69, 9.17) is 9.47 Å². The molecule has 1 heterocycles. The van der Waals surface area contributed by atoms with Gasteiger partial charge in [-0.3, -0.25) is 4.79 Å². The molecule has 2 rings (SSSR count). The first-order chi connectivity index (χ1) is 10.3. The van der Waals surface area contributed by atoms with Crippen molar-refractivity contribution in [1.82, 2.24) is 10.2 Å². The summed E-state index contributed by atoms with van der Waals surface area (Å²) in [7, 11) is 1.59. The lowest BCUT2D eigenvalue weighted by Gasteiger charge is -2.28. The van der Waals surface area contributed by atoms with Gasteiger partial charge in [0.1, 0.15) is 0 Å². The molecule has 21 heavy (non-hydrogen) atoms. The molecule has 1 saturated heterocycles. The van der Waals surface area contributed by atoms with Gasteiger partial charge in [-0.2, -0.15) is 0 Å². The summed E-state index contributed by atoms with van der Waals surface area (Å²) >= 11 is 0. The van der Waals surface area contributed by atoms with Crippen LogP contribution in [0.25, 0.3) is 0 Å². The van der Waals surface area contributed by atoms with Crippen molar-refractivity contribution in [3.8, 4) is 11.5 Å². The van der Waals surface area contributed by atoms with Crippen LogP contribution in [0.15, 0.2) is 24.3 Å². The average molecular weight is 292 g/mol. The third-order valence-electron chi connectivity index (χ3n) is 3.68. The Morgan fingerprint density at radius 3 is 2.76 bits per heavy atom. The molecule has 0 radical (unpaired) electrons. The molecule has 1 aliphatic rings. The zero-order valence-corrected chi connectivity index (χ0v) is 12.8. The van der Waals surface area contributed by atoms with Crippen molar-refractivity contribution in [2.45, 2.75) is 25.8 Å². The lowest BCUT2D eigenvalue weighted by molar-refractivity contribution is -0.135. The standard InChI is InChI=1S/C16H24N2O3/c1-3-10-18(13-8-9-17-11-13)16(19)12-21-15-7-5-4-6-14(15)20-2/h4-7,13,17H,3,8-12H2,1-2H3. The maximum atomic E-state index is 12.4. The van der Waals surface area contributed by atoms with Crippen molar-refractivity contribution in [1.29, 1.82) is 0 Å². The van der Waals surface area contributed by atoms with Crippen molar-refractivity contribution < 1.29 is 14.3 Å².